The Morgan fingerprint density at radius 3 is 2.33 bits per heavy atom. The van der Waals surface area contributed by atoms with Gasteiger partial charge in [0.25, 0.3) is 0 Å². The lowest BCUT2D eigenvalue weighted by molar-refractivity contribution is -0.122. The van der Waals surface area contributed by atoms with E-state index < -0.39 is 11.2 Å². The number of nitrogens with two attached hydrogens (primary N) is 1. The summed E-state index contributed by atoms with van der Waals surface area (Å²) in [5, 5.41) is 2.90. The van der Waals surface area contributed by atoms with Crippen molar-refractivity contribution in [2.45, 2.75) is 39.5 Å². The van der Waals surface area contributed by atoms with Gasteiger partial charge in [0.1, 0.15) is 5.82 Å². The van der Waals surface area contributed by atoms with Gasteiger partial charge in [-0.1, -0.05) is 50.5 Å². The average molecular weight is 331 g/mol. The monoisotopic (exact) mass is 330 g/mol. The third-order valence-electron chi connectivity index (χ3n) is 3.38. The lowest BCUT2D eigenvalue weighted by atomic mass is 9.78. The van der Waals surface area contributed by atoms with Crippen LogP contribution in [0.5, 0.6) is 0 Å². The number of thiocarbonyl (C=S) groups is 1. The van der Waals surface area contributed by atoms with E-state index in [1.165, 1.54) is 18.2 Å². The number of amides is 1. The fourth-order valence-corrected chi connectivity index (χ4v) is 2.96. The van der Waals surface area contributed by atoms with E-state index in [-0.39, 0.29) is 15.9 Å². The summed E-state index contributed by atoms with van der Waals surface area (Å²) in [6.07, 6.45) is 2.67. The normalized spacial score (nSPS) is 11.2. The minimum atomic E-state index is -0.905. The first-order chi connectivity index (χ1) is 9.85. The van der Waals surface area contributed by atoms with Crippen LogP contribution in [0.15, 0.2) is 18.2 Å². The van der Waals surface area contributed by atoms with Crippen molar-refractivity contribution < 1.29 is 9.18 Å². The van der Waals surface area contributed by atoms with E-state index in [4.69, 9.17) is 29.6 Å². The zero-order valence-electron chi connectivity index (χ0n) is 12.2. The fourth-order valence-electron chi connectivity index (χ4n) is 2.44. The molecular formula is C15H20ClFN2OS. The summed E-state index contributed by atoms with van der Waals surface area (Å²) in [7, 11) is 0. The Morgan fingerprint density at radius 1 is 1.33 bits per heavy atom. The number of benzene rings is 1. The third-order valence-corrected chi connectivity index (χ3v) is 3.99. The van der Waals surface area contributed by atoms with Gasteiger partial charge in [-0.2, -0.15) is 0 Å². The maximum atomic E-state index is 13.3. The summed E-state index contributed by atoms with van der Waals surface area (Å²) in [5.74, 6) is -0.815. The van der Waals surface area contributed by atoms with Crippen LogP contribution < -0.4 is 11.1 Å². The molecule has 0 heterocycles. The van der Waals surface area contributed by atoms with Crippen LogP contribution in [0.1, 0.15) is 39.5 Å². The highest BCUT2D eigenvalue weighted by Crippen LogP contribution is 2.32. The van der Waals surface area contributed by atoms with E-state index in [2.05, 4.69) is 5.32 Å². The van der Waals surface area contributed by atoms with E-state index in [9.17, 15) is 9.18 Å². The molecular weight excluding hydrogens is 311 g/mol. The lowest BCUT2D eigenvalue weighted by Gasteiger charge is -2.31. The highest BCUT2D eigenvalue weighted by molar-refractivity contribution is 7.80. The zero-order chi connectivity index (χ0) is 16.0. The number of rotatable bonds is 7. The van der Waals surface area contributed by atoms with Gasteiger partial charge < -0.3 is 11.1 Å². The maximum absolute atomic E-state index is 13.3. The van der Waals surface area contributed by atoms with Crippen LogP contribution >= 0.6 is 23.8 Å². The Morgan fingerprint density at radius 2 is 1.90 bits per heavy atom. The van der Waals surface area contributed by atoms with E-state index in [0.717, 1.165) is 12.8 Å². The average Bonchev–Trinajstić information content (AvgIpc) is 2.36. The van der Waals surface area contributed by atoms with Crippen molar-refractivity contribution in [3.63, 3.8) is 0 Å². The van der Waals surface area contributed by atoms with Gasteiger partial charge in [0.15, 0.2) is 0 Å². The van der Waals surface area contributed by atoms with Gasteiger partial charge in [-0.3, -0.25) is 4.79 Å². The van der Waals surface area contributed by atoms with Gasteiger partial charge in [-0.25, -0.2) is 4.39 Å². The molecule has 0 spiro atoms. The molecule has 0 fully saturated rings. The molecule has 1 aromatic carbocycles. The molecule has 6 heteroatoms. The van der Waals surface area contributed by atoms with Gasteiger partial charge in [-0.05, 0) is 31.0 Å². The smallest absolute Gasteiger partial charge is 0.237 e. The lowest BCUT2D eigenvalue weighted by Crippen LogP contribution is -2.46. The summed E-state index contributed by atoms with van der Waals surface area (Å²) >= 11 is 10.9. The number of carbonyl (C=O) groups excluding carboxylic acids is 1. The van der Waals surface area contributed by atoms with E-state index in [0.29, 0.717) is 18.5 Å². The Balaban J connectivity index is 3.07. The Labute approximate surface area is 135 Å². The highest BCUT2D eigenvalue weighted by Gasteiger charge is 2.39. The van der Waals surface area contributed by atoms with Gasteiger partial charge in [0, 0.05) is 10.7 Å². The molecule has 3 N–H and O–H groups in total. The standard InChI is InChI=1S/C15H20ClFN2OS/c1-3-5-15(6-4-2,13(18)21)14(20)19-12-8-10(16)7-11(17)9-12/h7-9H,3-6H2,1-2H3,(H2,18,21)(H,19,20). The second-order valence-electron chi connectivity index (χ2n) is 5.06. The molecule has 0 atom stereocenters. The SMILES string of the molecule is CCCC(CCC)(C(=O)Nc1cc(F)cc(Cl)c1)C(N)=S. The van der Waals surface area contributed by atoms with Gasteiger partial charge >= 0.3 is 0 Å². The summed E-state index contributed by atoms with van der Waals surface area (Å²) in [6, 6.07) is 3.88. The molecule has 0 saturated carbocycles. The van der Waals surface area contributed by atoms with Crippen molar-refractivity contribution in [1.82, 2.24) is 0 Å². The zero-order valence-corrected chi connectivity index (χ0v) is 13.8. The van der Waals surface area contributed by atoms with Crippen molar-refractivity contribution in [2.24, 2.45) is 11.1 Å². The summed E-state index contributed by atoms with van der Waals surface area (Å²) < 4.78 is 13.3. The van der Waals surface area contributed by atoms with Gasteiger partial charge in [0.2, 0.25) is 5.91 Å². The summed E-state index contributed by atoms with van der Waals surface area (Å²) in [5.41, 5.74) is 5.23. The fraction of sp³-hybridized carbons (Fsp3) is 0.467. The molecule has 0 aliphatic heterocycles. The molecule has 0 radical (unpaired) electrons. The first kappa shape index (κ1) is 17.9. The Hall–Kier alpha value is -1.20. The van der Waals surface area contributed by atoms with Crippen LogP contribution in [0.4, 0.5) is 10.1 Å². The molecule has 21 heavy (non-hydrogen) atoms. The minimum absolute atomic E-state index is 0.172. The maximum Gasteiger partial charge on any atom is 0.237 e. The predicted molar refractivity (Wildman–Crippen MR) is 89.1 cm³/mol. The van der Waals surface area contributed by atoms with Crippen LogP contribution in [-0.2, 0) is 4.79 Å². The van der Waals surface area contributed by atoms with E-state index >= 15 is 0 Å². The van der Waals surface area contributed by atoms with Crippen LogP contribution in [0.3, 0.4) is 0 Å². The van der Waals surface area contributed by atoms with Crippen molar-refractivity contribution >= 4 is 40.4 Å². The topological polar surface area (TPSA) is 55.1 Å². The van der Waals surface area contributed by atoms with Crippen LogP contribution in [0.2, 0.25) is 5.02 Å². The van der Waals surface area contributed by atoms with E-state index in [1.807, 2.05) is 13.8 Å². The molecule has 0 saturated heterocycles. The molecule has 0 unspecified atom stereocenters. The van der Waals surface area contributed by atoms with E-state index in [1.54, 1.807) is 0 Å². The quantitative estimate of drug-likeness (QED) is 0.733. The summed E-state index contributed by atoms with van der Waals surface area (Å²) in [4.78, 5) is 12.8. The van der Waals surface area contributed by atoms with Crippen LogP contribution in [-0.4, -0.2) is 10.9 Å². The van der Waals surface area contributed by atoms with Crippen LogP contribution in [0, 0.1) is 11.2 Å². The van der Waals surface area contributed by atoms with Crippen molar-refractivity contribution in [3.05, 3.63) is 29.0 Å². The van der Waals surface area contributed by atoms with Crippen molar-refractivity contribution in [2.75, 3.05) is 5.32 Å². The number of halogens is 2. The van der Waals surface area contributed by atoms with Crippen LogP contribution in [0.25, 0.3) is 0 Å². The Kier molecular flexibility index (Phi) is 6.55. The number of hydrogen-bond acceptors (Lipinski definition) is 2. The summed E-state index contributed by atoms with van der Waals surface area (Å²) in [6.45, 7) is 3.93. The molecule has 0 aromatic heterocycles. The minimum Gasteiger partial charge on any atom is -0.392 e. The number of hydrogen-bond donors (Lipinski definition) is 2. The third kappa shape index (κ3) is 4.38. The van der Waals surface area contributed by atoms with Gasteiger partial charge in [-0.15, -0.1) is 0 Å². The second kappa shape index (κ2) is 7.71. The number of anilines is 1. The Bertz CT molecular complexity index is 510. The predicted octanol–water partition coefficient (Wildman–Crippen LogP) is 4.29. The molecule has 1 amide bonds. The first-order valence-electron chi connectivity index (χ1n) is 6.93. The molecule has 0 aliphatic rings. The first-order valence-corrected chi connectivity index (χ1v) is 7.71. The number of carbonyl (C=O) groups is 1. The largest absolute Gasteiger partial charge is 0.392 e. The molecule has 1 aromatic rings. The molecule has 3 nitrogen and oxygen atoms in total. The van der Waals surface area contributed by atoms with Crippen molar-refractivity contribution in [3.8, 4) is 0 Å². The van der Waals surface area contributed by atoms with Gasteiger partial charge in [0.05, 0.1) is 10.4 Å². The highest BCUT2D eigenvalue weighted by atomic mass is 35.5. The second-order valence-corrected chi connectivity index (χ2v) is 5.93. The van der Waals surface area contributed by atoms with Crippen molar-refractivity contribution in [1.29, 1.82) is 0 Å². The molecule has 1 rings (SSSR count). The molecule has 0 aliphatic carbocycles. The number of nitrogens with one attached hydrogen (secondary N) is 1. The molecule has 0 bridgehead atoms. The molecule has 116 valence electrons.